The van der Waals surface area contributed by atoms with Crippen molar-refractivity contribution in [3.8, 4) is 5.75 Å². The number of phenols is 1. The van der Waals surface area contributed by atoms with Crippen molar-refractivity contribution in [3.63, 3.8) is 0 Å². The lowest BCUT2D eigenvalue weighted by Crippen LogP contribution is -2.31. The Bertz CT molecular complexity index is 756. The number of nitrogens with zero attached hydrogens (tertiary/aromatic N) is 2. The summed E-state index contributed by atoms with van der Waals surface area (Å²) in [7, 11) is 0. The first-order valence-corrected chi connectivity index (χ1v) is 8.31. The van der Waals surface area contributed by atoms with Gasteiger partial charge in [0.05, 0.1) is 5.69 Å². The van der Waals surface area contributed by atoms with E-state index in [0.717, 1.165) is 16.3 Å². The van der Waals surface area contributed by atoms with Crippen LogP contribution in [-0.2, 0) is 23.9 Å². The Labute approximate surface area is 149 Å². The Hall–Kier alpha value is -2.51. The second-order valence-electron chi connectivity index (χ2n) is 6.43. The average Bonchev–Trinajstić information content (AvgIpc) is 2.91. The average molecular weight is 369 g/mol. The molecule has 142 valence electrons. The number of hydrogen-bond acceptors (Lipinski definition) is 3. The standard InChI is InChI=1S/C18H22F3N3O2/c1-12(11-24-16(18(19,20)21)8-13(2)23-24)10-22-17(26)7-6-14-4-3-5-15(25)9-14/h3-5,8-9,12,25H,6-7,10-11H2,1-2H3,(H,22,26)/t12-/m0/s1. The number of aryl methyl sites for hydroxylation is 2. The van der Waals surface area contributed by atoms with E-state index in [0.29, 0.717) is 12.1 Å². The third-order valence-corrected chi connectivity index (χ3v) is 3.88. The van der Waals surface area contributed by atoms with Crippen LogP contribution in [0.5, 0.6) is 5.75 Å². The van der Waals surface area contributed by atoms with Gasteiger partial charge in [-0.1, -0.05) is 19.1 Å². The third kappa shape index (κ3) is 5.79. The van der Waals surface area contributed by atoms with Crippen LogP contribution in [0.1, 0.15) is 30.3 Å². The molecule has 0 saturated heterocycles. The normalized spacial score (nSPS) is 12.8. The smallest absolute Gasteiger partial charge is 0.433 e. The minimum atomic E-state index is -4.45. The molecule has 2 N–H and O–H groups in total. The molecular weight excluding hydrogens is 347 g/mol. The van der Waals surface area contributed by atoms with Crippen LogP contribution in [0.3, 0.4) is 0 Å². The largest absolute Gasteiger partial charge is 0.508 e. The minimum absolute atomic E-state index is 0.0650. The first-order valence-electron chi connectivity index (χ1n) is 8.31. The van der Waals surface area contributed by atoms with E-state index in [-0.39, 0.29) is 37.1 Å². The number of aromatic nitrogens is 2. The SMILES string of the molecule is Cc1cc(C(F)(F)F)n(C[C@@H](C)CNC(=O)CCc2cccc(O)c2)n1. The Morgan fingerprint density at radius 1 is 1.35 bits per heavy atom. The zero-order chi connectivity index (χ0) is 19.3. The number of hydrogen-bond donors (Lipinski definition) is 2. The molecule has 1 aromatic carbocycles. The quantitative estimate of drug-likeness (QED) is 0.787. The number of halogens is 3. The molecule has 1 heterocycles. The molecule has 1 amide bonds. The van der Waals surface area contributed by atoms with Gasteiger partial charge in [-0.15, -0.1) is 0 Å². The van der Waals surface area contributed by atoms with E-state index in [2.05, 4.69) is 10.4 Å². The molecule has 5 nitrogen and oxygen atoms in total. The van der Waals surface area contributed by atoms with Crippen molar-refractivity contribution in [3.05, 3.63) is 47.3 Å². The molecule has 0 spiro atoms. The summed E-state index contributed by atoms with van der Waals surface area (Å²) in [6.45, 7) is 3.59. The van der Waals surface area contributed by atoms with Crippen LogP contribution in [-0.4, -0.2) is 27.3 Å². The molecule has 2 rings (SSSR count). The van der Waals surface area contributed by atoms with Gasteiger partial charge in [-0.2, -0.15) is 18.3 Å². The van der Waals surface area contributed by atoms with Crippen molar-refractivity contribution in [2.45, 2.75) is 39.4 Å². The highest BCUT2D eigenvalue weighted by molar-refractivity contribution is 5.76. The molecule has 0 bridgehead atoms. The highest BCUT2D eigenvalue weighted by atomic mass is 19.4. The van der Waals surface area contributed by atoms with Crippen molar-refractivity contribution in [1.82, 2.24) is 15.1 Å². The fourth-order valence-corrected chi connectivity index (χ4v) is 2.62. The summed E-state index contributed by atoms with van der Waals surface area (Å²) in [5.74, 6) is -0.250. The van der Waals surface area contributed by atoms with Crippen LogP contribution >= 0.6 is 0 Å². The van der Waals surface area contributed by atoms with Crippen molar-refractivity contribution in [1.29, 1.82) is 0 Å². The van der Waals surface area contributed by atoms with Crippen LogP contribution < -0.4 is 5.32 Å². The first kappa shape index (κ1) is 19.8. The van der Waals surface area contributed by atoms with Gasteiger partial charge in [0.25, 0.3) is 0 Å². The minimum Gasteiger partial charge on any atom is -0.508 e. The maximum absolute atomic E-state index is 13.0. The molecule has 0 aliphatic rings. The van der Waals surface area contributed by atoms with E-state index in [1.165, 1.54) is 6.92 Å². The molecule has 1 atom stereocenters. The molecule has 26 heavy (non-hydrogen) atoms. The lowest BCUT2D eigenvalue weighted by molar-refractivity contribution is -0.144. The fourth-order valence-electron chi connectivity index (χ4n) is 2.62. The van der Waals surface area contributed by atoms with Crippen molar-refractivity contribution in [2.24, 2.45) is 5.92 Å². The highest BCUT2D eigenvalue weighted by Gasteiger charge is 2.35. The lowest BCUT2D eigenvalue weighted by atomic mass is 10.1. The predicted molar refractivity (Wildman–Crippen MR) is 90.6 cm³/mol. The number of amides is 1. The Balaban J connectivity index is 1.81. The molecule has 1 aromatic heterocycles. The number of alkyl halides is 3. The van der Waals surface area contributed by atoms with Crippen LogP contribution in [0.4, 0.5) is 13.2 Å². The van der Waals surface area contributed by atoms with E-state index < -0.39 is 11.9 Å². The van der Waals surface area contributed by atoms with Gasteiger partial charge in [0.2, 0.25) is 5.91 Å². The number of nitrogens with one attached hydrogen (secondary N) is 1. The summed E-state index contributed by atoms with van der Waals surface area (Å²) >= 11 is 0. The molecule has 0 saturated carbocycles. The van der Waals surface area contributed by atoms with E-state index >= 15 is 0 Å². The maximum Gasteiger partial charge on any atom is 0.433 e. The number of benzene rings is 1. The Morgan fingerprint density at radius 2 is 2.08 bits per heavy atom. The summed E-state index contributed by atoms with van der Waals surface area (Å²) in [6, 6.07) is 7.68. The molecule has 0 fully saturated rings. The Morgan fingerprint density at radius 3 is 2.73 bits per heavy atom. The third-order valence-electron chi connectivity index (χ3n) is 3.88. The second-order valence-corrected chi connectivity index (χ2v) is 6.43. The van der Waals surface area contributed by atoms with Gasteiger partial charge in [-0.05, 0) is 43.0 Å². The van der Waals surface area contributed by atoms with Crippen LogP contribution in [0, 0.1) is 12.8 Å². The van der Waals surface area contributed by atoms with E-state index in [1.54, 1.807) is 25.1 Å². The summed E-state index contributed by atoms with van der Waals surface area (Å²) in [5.41, 5.74) is 0.367. The van der Waals surface area contributed by atoms with Crippen molar-refractivity contribution < 1.29 is 23.1 Å². The number of rotatable bonds is 7. The molecule has 0 aliphatic heterocycles. The van der Waals surface area contributed by atoms with Crippen LogP contribution in [0.2, 0.25) is 0 Å². The molecule has 8 heteroatoms. The highest BCUT2D eigenvalue weighted by Crippen LogP contribution is 2.30. The molecule has 0 radical (unpaired) electrons. The van der Waals surface area contributed by atoms with Crippen LogP contribution in [0.15, 0.2) is 30.3 Å². The summed E-state index contributed by atoms with van der Waals surface area (Å²) in [5, 5.41) is 16.0. The predicted octanol–water partition coefficient (Wildman–Crippen LogP) is 3.30. The fraction of sp³-hybridized carbons (Fsp3) is 0.444. The van der Waals surface area contributed by atoms with Gasteiger partial charge in [0.15, 0.2) is 0 Å². The number of carbonyl (C=O) groups excluding carboxylic acids is 1. The second kappa shape index (κ2) is 8.25. The molecule has 2 aromatic rings. The molecular formula is C18H22F3N3O2. The van der Waals surface area contributed by atoms with Crippen LogP contribution in [0.25, 0.3) is 0 Å². The van der Waals surface area contributed by atoms with Crippen molar-refractivity contribution >= 4 is 5.91 Å². The van der Waals surface area contributed by atoms with Gasteiger partial charge < -0.3 is 10.4 Å². The molecule has 0 aliphatic carbocycles. The van der Waals surface area contributed by atoms with Gasteiger partial charge >= 0.3 is 6.18 Å². The first-order chi connectivity index (χ1) is 12.1. The number of phenolic OH excluding ortho intramolecular Hbond substituents is 1. The zero-order valence-corrected chi connectivity index (χ0v) is 14.7. The summed E-state index contributed by atoms with van der Waals surface area (Å²) in [4.78, 5) is 11.9. The monoisotopic (exact) mass is 369 g/mol. The van der Waals surface area contributed by atoms with E-state index in [9.17, 15) is 23.1 Å². The molecule has 0 unspecified atom stereocenters. The van der Waals surface area contributed by atoms with Gasteiger partial charge in [0, 0.05) is 19.5 Å². The zero-order valence-electron chi connectivity index (χ0n) is 14.7. The van der Waals surface area contributed by atoms with Gasteiger partial charge in [-0.25, -0.2) is 0 Å². The number of aromatic hydroxyl groups is 1. The topological polar surface area (TPSA) is 67.2 Å². The lowest BCUT2D eigenvalue weighted by Gasteiger charge is -2.16. The van der Waals surface area contributed by atoms with E-state index in [1.807, 2.05) is 6.07 Å². The van der Waals surface area contributed by atoms with Gasteiger partial charge in [-0.3, -0.25) is 9.48 Å². The van der Waals surface area contributed by atoms with Gasteiger partial charge in [0.1, 0.15) is 11.4 Å². The number of carbonyl (C=O) groups is 1. The van der Waals surface area contributed by atoms with E-state index in [4.69, 9.17) is 0 Å². The summed E-state index contributed by atoms with van der Waals surface area (Å²) in [6.07, 6.45) is -3.73. The summed E-state index contributed by atoms with van der Waals surface area (Å²) < 4.78 is 39.8. The maximum atomic E-state index is 13.0. The Kier molecular flexibility index (Phi) is 6.28. The van der Waals surface area contributed by atoms with Crippen molar-refractivity contribution in [2.75, 3.05) is 6.54 Å².